The van der Waals surface area contributed by atoms with Crippen LogP contribution in [0, 0.1) is 0 Å². The van der Waals surface area contributed by atoms with Crippen molar-refractivity contribution in [3.63, 3.8) is 0 Å². The predicted octanol–water partition coefficient (Wildman–Crippen LogP) is 1.26. The maximum Gasteiger partial charge on any atom is 0.335 e. The minimum Gasteiger partial charge on any atom is -0.478 e. The monoisotopic (exact) mass is 222 g/mol. The number of rotatable bonds is 4. The molecule has 0 saturated carbocycles. The summed E-state index contributed by atoms with van der Waals surface area (Å²) in [5.74, 6) is -1.32. The van der Waals surface area contributed by atoms with E-state index in [1.54, 1.807) is 7.05 Å². The lowest BCUT2D eigenvalue weighted by atomic mass is 10.2. The van der Waals surface area contributed by atoms with E-state index in [4.69, 9.17) is 5.11 Å². The number of amides is 1. The highest BCUT2D eigenvalue weighted by Crippen LogP contribution is 2.05. The second kappa shape index (κ2) is 5.25. The quantitative estimate of drug-likeness (QED) is 0.832. The zero-order valence-electron chi connectivity index (χ0n) is 9.30. The molecule has 16 heavy (non-hydrogen) atoms. The molecule has 1 aromatic heterocycles. The minimum absolute atomic E-state index is 0.0725. The van der Waals surface area contributed by atoms with Gasteiger partial charge >= 0.3 is 5.97 Å². The van der Waals surface area contributed by atoms with Crippen LogP contribution in [0.5, 0.6) is 0 Å². The van der Waals surface area contributed by atoms with Gasteiger partial charge in [-0.2, -0.15) is 0 Å². The second-order valence-corrected chi connectivity index (χ2v) is 3.46. The average Bonchev–Trinajstić information content (AvgIpc) is 2.28. The molecule has 0 saturated heterocycles. The van der Waals surface area contributed by atoms with Gasteiger partial charge in [-0.05, 0) is 18.6 Å². The van der Waals surface area contributed by atoms with Gasteiger partial charge in [0.05, 0.1) is 5.56 Å². The van der Waals surface area contributed by atoms with Crippen molar-refractivity contribution < 1.29 is 14.7 Å². The molecule has 1 rings (SSSR count). The molecule has 1 heterocycles. The van der Waals surface area contributed by atoms with Crippen LogP contribution in [0.2, 0.25) is 0 Å². The van der Waals surface area contributed by atoms with Gasteiger partial charge in [-0.3, -0.25) is 9.78 Å². The summed E-state index contributed by atoms with van der Waals surface area (Å²) in [6.07, 6.45) is 2.18. The van der Waals surface area contributed by atoms with E-state index in [-0.39, 0.29) is 17.2 Å². The van der Waals surface area contributed by atoms with E-state index >= 15 is 0 Å². The number of hydrogen-bond acceptors (Lipinski definition) is 3. The summed E-state index contributed by atoms with van der Waals surface area (Å²) in [6, 6.07) is 2.65. The Bertz CT molecular complexity index is 404. The van der Waals surface area contributed by atoms with E-state index in [1.807, 2.05) is 6.92 Å². The van der Waals surface area contributed by atoms with E-state index in [2.05, 4.69) is 4.98 Å². The average molecular weight is 222 g/mol. The fraction of sp³-hybridized carbons (Fsp3) is 0.364. The largest absolute Gasteiger partial charge is 0.478 e. The molecule has 0 unspecified atom stereocenters. The number of aromatic carboxylic acids is 1. The molecule has 1 aromatic rings. The summed E-state index contributed by atoms with van der Waals surface area (Å²) in [7, 11) is 1.67. The molecule has 5 nitrogen and oxygen atoms in total. The van der Waals surface area contributed by atoms with Crippen LogP contribution in [0.15, 0.2) is 18.3 Å². The van der Waals surface area contributed by atoms with Crippen molar-refractivity contribution in [3.8, 4) is 0 Å². The van der Waals surface area contributed by atoms with Gasteiger partial charge in [-0.25, -0.2) is 4.79 Å². The van der Waals surface area contributed by atoms with Gasteiger partial charge in [0.15, 0.2) is 0 Å². The van der Waals surface area contributed by atoms with Crippen molar-refractivity contribution in [1.29, 1.82) is 0 Å². The molecule has 0 fully saturated rings. The van der Waals surface area contributed by atoms with Crippen molar-refractivity contribution >= 4 is 11.9 Å². The maximum absolute atomic E-state index is 11.8. The van der Waals surface area contributed by atoms with Gasteiger partial charge in [0, 0.05) is 19.8 Å². The van der Waals surface area contributed by atoms with Gasteiger partial charge in [0.1, 0.15) is 5.69 Å². The van der Waals surface area contributed by atoms with Crippen LogP contribution >= 0.6 is 0 Å². The molecular formula is C11H14N2O3. The molecule has 0 bridgehead atoms. The standard InChI is InChI=1S/C11H14N2O3/c1-3-6-13(2)10(14)9-7-8(11(15)16)4-5-12-9/h4-5,7H,3,6H2,1-2H3,(H,15,16). The van der Waals surface area contributed by atoms with Crippen LogP contribution in [0.3, 0.4) is 0 Å². The third-order valence-electron chi connectivity index (χ3n) is 2.13. The molecule has 0 aliphatic heterocycles. The van der Waals surface area contributed by atoms with E-state index in [0.29, 0.717) is 6.54 Å². The Hall–Kier alpha value is -1.91. The fourth-order valence-corrected chi connectivity index (χ4v) is 1.31. The third kappa shape index (κ3) is 2.79. The Morgan fingerprint density at radius 2 is 2.19 bits per heavy atom. The number of pyridine rings is 1. The van der Waals surface area contributed by atoms with Gasteiger partial charge in [0.25, 0.3) is 5.91 Å². The second-order valence-electron chi connectivity index (χ2n) is 3.46. The molecule has 0 aliphatic carbocycles. The van der Waals surface area contributed by atoms with Crippen LogP contribution in [-0.4, -0.2) is 40.5 Å². The first-order chi connectivity index (χ1) is 7.56. The van der Waals surface area contributed by atoms with E-state index in [9.17, 15) is 9.59 Å². The number of carboxylic acids is 1. The molecule has 5 heteroatoms. The summed E-state index contributed by atoms with van der Waals surface area (Å²) < 4.78 is 0. The topological polar surface area (TPSA) is 70.5 Å². The van der Waals surface area contributed by atoms with Crippen molar-refractivity contribution in [2.75, 3.05) is 13.6 Å². The van der Waals surface area contributed by atoms with Gasteiger partial charge < -0.3 is 10.0 Å². The molecule has 0 aliphatic rings. The summed E-state index contributed by atoms with van der Waals surface area (Å²) >= 11 is 0. The van der Waals surface area contributed by atoms with Gasteiger partial charge in [-0.15, -0.1) is 0 Å². The number of carboxylic acid groups (broad SMARTS) is 1. The number of nitrogens with zero attached hydrogens (tertiary/aromatic N) is 2. The third-order valence-corrected chi connectivity index (χ3v) is 2.13. The first kappa shape index (κ1) is 12.2. The normalized spacial score (nSPS) is 9.88. The highest BCUT2D eigenvalue weighted by Gasteiger charge is 2.14. The molecule has 0 spiro atoms. The van der Waals surface area contributed by atoms with Crippen LogP contribution in [0.4, 0.5) is 0 Å². The fourth-order valence-electron chi connectivity index (χ4n) is 1.31. The highest BCUT2D eigenvalue weighted by molar-refractivity contribution is 5.95. The smallest absolute Gasteiger partial charge is 0.335 e. The van der Waals surface area contributed by atoms with Crippen LogP contribution in [-0.2, 0) is 0 Å². The summed E-state index contributed by atoms with van der Waals surface area (Å²) in [4.78, 5) is 27.9. The number of carbonyl (C=O) groups is 2. The van der Waals surface area contributed by atoms with Crippen LogP contribution in [0.1, 0.15) is 34.2 Å². The molecule has 1 N–H and O–H groups in total. The highest BCUT2D eigenvalue weighted by atomic mass is 16.4. The zero-order chi connectivity index (χ0) is 12.1. The van der Waals surface area contributed by atoms with E-state index in [0.717, 1.165) is 6.42 Å². The summed E-state index contributed by atoms with van der Waals surface area (Å²) in [5.41, 5.74) is 0.235. The Morgan fingerprint density at radius 3 is 2.75 bits per heavy atom. The number of aromatic nitrogens is 1. The summed E-state index contributed by atoms with van der Waals surface area (Å²) in [5, 5.41) is 8.78. The Morgan fingerprint density at radius 1 is 1.50 bits per heavy atom. The van der Waals surface area contributed by atoms with Gasteiger partial charge in [-0.1, -0.05) is 6.92 Å². The van der Waals surface area contributed by atoms with Crippen molar-refractivity contribution in [1.82, 2.24) is 9.88 Å². The Balaban J connectivity index is 2.91. The zero-order valence-corrected chi connectivity index (χ0v) is 9.30. The van der Waals surface area contributed by atoms with Gasteiger partial charge in [0.2, 0.25) is 0 Å². The first-order valence-electron chi connectivity index (χ1n) is 5.01. The van der Waals surface area contributed by atoms with E-state index in [1.165, 1.54) is 23.2 Å². The lowest BCUT2D eigenvalue weighted by Gasteiger charge is -2.15. The molecular weight excluding hydrogens is 208 g/mol. The Kier molecular flexibility index (Phi) is 3.99. The molecule has 86 valence electrons. The molecule has 1 amide bonds. The van der Waals surface area contributed by atoms with Crippen LogP contribution < -0.4 is 0 Å². The molecule has 0 atom stereocenters. The number of hydrogen-bond donors (Lipinski definition) is 1. The minimum atomic E-state index is -1.06. The SMILES string of the molecule is CCCN(C)C(=O)c1cc(C(=O)O)ccn1. The van der Waals surface area contributed by atoms with E-state index < -0.39 is 5.97 Å². The van der Waals surface area contributed by atoms with Crippen molar-refractivity contribution in [2.24, 2.45) is 0 Å². The molecule has 0 radical (unpaired) electrons. The van der Waals surface area contributed by atoms with Crippen molar-refractivity contribution in [3.05, 3.63) is 29.6 Å². The maximum atomic E-state index is 11.8. The molecule has 0 aromatic carbocycles. The van der Waals surface area contributed by atoms with Crippen LogP contribution in [0.25, 0.3) is 0 Å². The number of carbonyl (C=O) groups excluding carboxylic acids is 1. The van der Waals surface area contributed by atoms with Crippen molar-refractivity contribution in [2.45, 2.75) is 13.3 Å². The predicted molar refractivity (Wildman–Crippen MR) is 58.4 cm³/mol. The summed E-state index contributed by atoms with van der Waals surface area (Å²) in [6.45, 7) is 2.59. The Labute approximate surface area is 93.7 Å². The first-order valence-corrected chi connectivity index (χ1v) is 5.01. The lowest BCUT2D eigenvalue weighted by Crippen LogP contribution is -2.28. The lowest BCUT2D eigenvalue weighted by molar-refractivity contribution is 0.0696.